The topological polar surface area (TPSA) is 108 Å². The van der Waals surface area contributed by atoms with Crippen LogP contribution in [0.4, 0.5) is 5.69 Å². The number of nitrogens with one attached hydrogen (secondary N) is 1. The van der Waals surface area contributed by atoms with Crippen molar-refractivity contribution in [2.45, 2.75) is 79.9 Å². The number of anilines is 1. The van der Waals surface area contributed by atoms with Crippen molar-refractivity contribution in [3.63, 3.8) is 0 Å². The number of carboxylic acid groups (broad SMARTS) is 1. The smallest absolute Gasteiger partial charge is 0.337 e. The lowest BCUT2D eigenvalue weighted by atomic mass is 9.80. The van der Waals surface area contributed by atoms with E-state index < -0.39 is 17.7 Å². The maximum absolute atomic E-state index is 12.8. The van der Waals surface area contributed by atoms with E-state index in [1.54, 1.807) is 0 Å². The number of aryl methyl sites for hydroxylation is 2. The van der Waals surface area contributed by atoms with Gasteiger partial charge in [0.15, 0.2) is 6.10 Å². The molecule has 3 aromatic rings. The predicted octanol–water partition coefficient (Wildman–Crippen LogP) is 7.09. The van der Waals surface area contributed by atoms with Crippen LogP contribution in [0.3, 0.4) is 0 Å². The molecule has 0 aliphatic carbocycles. The molecule has 0 radical (unpaired) electrons. The molecule has 4 rings (SSSR count). The number of hydrogen-bond donors (Lipinski definition) is 4. The van der Waals surface area contributed by atoms with Gasteiger partial charge in [0.2, 0.25) is 0 Å². The summed E-state index contributed by atoms with van der Waals surface area (Å²) >= 11 is 0. The highest BCUT2D eigenvalue weighted by atomic mass is 16.5. The van der Waals surface area contributed by atoms with Crippen LogP contribution in [0.2, 0.25) is 0 Å². The molecule has 0 amide bonds. The van der Waals surface area contributed by atoms with Gasteiger partial charge >= 0.3 is 5.97 Å². The summed E-state index contributed by atoms with van der Waals surface area (Å²) in [5, 5.41) is 27.9. The van der Waals surface area contributed by atoms with E-state index in [0.717, 1.165) is 84.0 Å². The molecule has 1 unspecified atom stereocenters. The second-order valence-corrected chi connectivity index (χ2v) is 11.5. The third kappa shape index (κ3) is 7.14. The fraction of sp³-hybridized carbons (Fsp3) is 0.457. The van der Waals surface area contributed by atoms with Crippen LogP contribution in [0.1, 0.15) is 72.2 Å². The number of rotatable bonds is 6. The van der Waals surface area contributed by atoms with Gasteiger partial charge in [0.1, 0.15) is 5.75 Å². The molecule has 0 saturated heterocycles. The monoisotopic (exact) mass is 579 g/mol. The Morgan fingerprint density at radius 2 is 1.55 bits per heavy atom. The van der Waals surface area contributed by atoms with Gasteiger partial charge in [0.25, 0.3) is 0 Å². The zero-order valence-corrected chi connectivity index (χ0v) is 27.2. The molecular formula is C35H49NO6. The van der Waals surface area contributed by atoms with E-state index in [0.29, 0.717) is 5.56 Å². The van der Waals surface area contributed by atoms with Crippen molar-refractivity contribution in [3.8, 4) is 28.0 Å². The van der Waals surface area contributed by atoms with Crippen LogP contribution >= 0.6 is 0 Å². The summed E-state index contributed by atoms with van der Waals surface area (Å²) < 4.78 is 12.2. The molecule has 230 valence electrons. The van der Waals surface area contributed by atoms with Crippen LogP contribution in [0.15, 0.2) is 30.3 Å². The molecule has 1 heterocycles. The minimum Gasteiger partial charge on any atom is -0.493 e. The normalized spacial score (nSPS) is 13.0. The number of aliphatic hydroxyl groups excluding tert-OH is 2. The third-order valence-electron chi connectivity index (χ3n) is 7.71. The Kier molecular flexibility index (Phi) is 12.2. The summed E-state index contributed by atoms with van der Waals surface area (Å²) in [7, 11) is 3.90. The molecule has 1 aliphatic rings. The SMILES string of the molecule is CNc1c(C)c(C(OC(C)(C)C)C(=O)O)c(-c2ccc3c(c2C)CCCO3)c(C)c1-c1ccc(C)c(C)c1.CO.CO. The molecule has 0 fully saturated rings. The average Bonchev–Trinajstić information content (AvgIpc) is 2.96. The van der Waals surface area contributed by atoms with E-state index in [4.69, 9.17) is 19.7 Å². The van der Waals surface area contributed by atoms with Crippen molar-refractivity contribution < 1.29 is 29.6 Å². The number of fused-ring (bicyclic) bond motifs is 1. The molecule has 0 saturated carbocycles. The lowest BCUT2D eigenvalue weighted by Crippen LogP contribution is -2.28. The Hall–Kier alpha value is -3.39. The van der Waals surface area contributed by atoms with Gasteiger partial charge in [0.05, 0.1) is 12.2 Å². The molecule has 7 nitrogen and oxygen atoms in total. The largest absolute Gasteiger partial charge is 0.493 e. The lowest BCUT2D eigenvalue weighted by molar-refractivity contribution is -0.160. The minimum atomic E-state index is -1.13. The Morgan fingerprint density at radius 3 is 2.10 bits per heavy atom. The molecule has 42 heavy (non-hydrogen) atoms. The predicted molar refractivity (Wildman–Crippen MR) is 172 cm³/mol. The van der Waals surface area contributed by atoms with Crippen molar-refractivity contribution >= 4 is 11.7 Å². The zero-order chi connectivity index (χ0) is 31.9. The highest BCUT2D eigenvalue weighted by Crippen LogP contribution is 2.48. The molecule has 3 aromatic carbocycles. The second-order valence-electron chi connectivity index (χ2n) is 11.5. The van der Waals surface area contributed by atoms with Crippen molar-refractivity contribution in [2.24, 2.45) is 0 Å². The number of aliphatic hydroxyl groups is 2. The maximum atomic E-state index is 12.8. The average molecular weight is 580 g/mol. The number of ether oxygens (including phenoxy) is 2. The van der Waals surface area contributed by atoms with E-state index in [1.807, 2.05) is 40.8 Å². The number of hydrogen-bond acceptors (Lipinski definition) is 6. The Bertz CT molecular complexity index is 1400. The number of benzene rings is 3. The first-order chi connectivity index (χ1) is 19.9. The van der Waals surface area contributed by atoms with Crippen molar-refractivity contribution in [2.75, 3.05) is 33.2 Å². The maximum Gasteiger partial charge on any atom is 0.337 e. The molecule has 0 bridgehead atoms. The van der Waals surface area contributed by atoms with Crippen molar-refractivity contribution in [1.29, 1.82) is 0 Å². The van der Waals surface area contributed by atoms with E-state index in [-0.39, 0.29) is 0 Å². The molecular weight excluding hydrogens is 530 g/mol. The first kappa shape index (κ1) is 34.8. The van der Waals surface area contributed by atoms with Gasteiger partial charge in [-0.25, -0.2) is 4.79 Å². The van der Waals surface area contributed by atoms with Gasteiger partial charge in [-0.05, 0) is 124 Å². The first-order valence-corrected chi connectivity index (χ1v) is 14.3. The second kappa shape index (κ2) is 14.7. The Morgan fingerprint density at radius 1 is 0.905 bits per heavy atom. The molecule has 0 spiro atoms. The van der Waals surface area contributed by atoms with Gasteiger partial charge in [0, 0.05) is 38.1 Å². The Balaban J connectivity index is 0.00000148. The van der Waals surface area contributed by atoms with Crippen molar-refractivity contribution in [1.82, 2.24) is 0 Å². The van der Waals surface area contributed by atoms with E-state index in [2.05, 4.69) is 57.3 Å². The standard InChI is InChI=1S/C33H41NO4.2CH4O/c1-18-12-13-23(17-19(18)2)27-21(4)28(25-14-15-26-24(20(25)3)11-10-16-37-26)29(22(5)30(27)34-9)31(32(35)36)38-33(6,7)8;2*1-2/h12-15,17,31,34H,10-11,16H2,1-9H3,(H,35,36);2*2H,1H3. The number of aliphatic carboxylic acids is 1. The van der Waals surface area contributed by atoms with Crippen LogP contribution in [-0.4, -0.2) is 54.8 Å². The van der Waals surface area contributed by atoms with Gasteiger partial charge in [-0.3, -0.25) is 0 Å². The molecule has 0 aromatic heterocycles. The summed E-state index contributed by atoms with van der Waals surface area (Å²) in [6.07, 6.45) is 0.790. The number of carbonyl (C=O) groups is 1. The third-order valence-corrected chi connectivity index (χ3v) is 7.71. The molecule has 1 atom stereocenters. The molecule has 7 heteroatoms. The molecule has 1 aliphatic heterocycles. The highest BCUT2D eigenvalue weighted by Gasteiger charge is 2.34. The fourth-order valence-electron chi connectivity index (χ4n) is 5.74. The zero-order valence-electron chi connectivity index (χ0n) is 27.2. The van der Waals surface area contributed by atoms with E-state index in [1.165, 1.54) is 16.7 Å². The van der Waals surface area contributed by atoms with Gasteiger partial charge in [-0.1, -0.05) is 24.3 Å². The summed E-state index contributed by atoms with van der Waals surface area (Å²) in [5.41, 5.74) is 11.8. The van der Waals surface area contributed by atoms with Crippen LogP contribution in [0.5, 0.6) is 5.75 Å². The first-order valence-electron chi connectivity index (χ1n) is 14.3. The van der Waals surface area contributed by atoms with Crippen molar-refractivity contribution in [3.05, 3.63) is 69.3 Å². The van der Waals surface area contributed by atoms with E-state index >= 15 is 0 Å². The van der Waals surface area contributed by atoms with Crippen LogP contribution in [-0.2, 0) is 16.0 Å². The summed E-state index contributed by atoms with van der Waals surface area (Å²) in [5.74, 6) is -0.0704. The highest BCUT2D eigenvalue weighted by molar-refractivity contribution is 5.95. The quantitative estimate of drug-likeness (QED) is 0.247. The number of carboxylic acids is 1. The molecule has 4 N–H and O–H groups in total. The van der Waals surface area contributed by atoms with Crippen LogP contribution in [0, 0.1) is 34.6 Å². The fourth-order valence-corrected chi connectivity index (χ4v) is 5.74. The minimum absolute atomic E-state index is 0.647. The van der Waals surface area contributed by atoms with Gasteiger partial charge < -0.3 is 30.1 Å². The Labute approximate surface area is 251 Å². The van der Waals surface area contributed by atoms with Crippen LogP contribution < -0.4 is 10.1 Å². The van der Waals surface area contributed by atoms with Gasteiger partial charge in [-0.2, -0.15) is 0 Å². The summed E-state index contributed by atoms with van der Waals surface area (Å²) in [4.78, 5) is 12.8. The summed E-state index contributed by atoms with van der Waals surface area (Å²) in [6.45, 7) is 16.9. The van der Waals surface area contributed by atoms with Crippen LogP contribution in [0.25, 0.3) is 22.3 Å². The summed E-state index contributed by atoms with van der Waals surface area (Å²) in [6, 6.07) is 10.6. The van der Waals surface area contributed by atoms with Gasteiger partial charge in [-0.15, -0.1) is 0 Å². The lowest BCUT2D eigenvalue weighted by Gasteiger charge is -2.32. The van der Waals surface area contributed by atoms with E-state index in [9.17, 15) is 9.90 Å².